The first-order valence-corrected chi connectivity index (χ1v) is 11.3. The molecule has 1 amide bonds. The van der Waals surface area contributed by atoms with Gasteiger partial charge in [-0.1, -0.05) is 17.7 Å². The van der Waals surface area contributed by atoms with Crippen LogP contribution < -0.4 is 19.2 Å². The first-order chi connectivity index (χ1) is 13.7. The molecule has 8 nitrogen and oxygen atoms in total. The van der Waals surface area contributed by atoms with Crippen molar-refractivity contribution in [1.82, 2.24) is 5.43 Å². The molecule has 29 heavy (non-hydrogen) atoms. The average Bonchev–Trinajstić information content (AvgIpc) is 3.08. The molecular formula is C18H17BrClN3O5S. The fourth-order valence-corrected chi connectivity index (χ4v) is 4.12. The number of sulfonamides is 1. The molecule has 2 aromatic rings. The number of hydrogen-bond donors (Lipinski definition) is 1. The molecule has 0 unspecified atom stereocenters. The van der Waals surface area contributed by atoms with Gasteiger partial charge in [0.25, 0.3) is 5.91 Å². The van der Waals surface area contributed by atoms with Crippen LogP contribution in [0.4, 0.5) is 5.69 Å². The number of carbonyl (C=O) groups is 1. The van der Waals surface area contributed by atoms with Crippen LogP contribution in [-0.4, -0.2) is 40.1 Å². The SMILES string of the molecule is Cc1c(Cl)cccc1N(CC(=O)N/N=C\c1cc2c(cc1Br)OCO2)S(C)(=O)=O. The Bertz CT molecular complexity index is 1090. The second-order valence-electron chi connectivity index (χ2n) is 6.17. The third-order valence-corrected chi connectivity index (χ3v) is 6.30. The molecule has 0 saturated carbocycles. The van der Waals surface area contributed by atoms with Gasteiger partial charge in [0.2, 0.25) is 16.8 Å². The quantitative estimate of drug-likeness (QED) is 0.484. The lowest BCUT2D eigenvalue weighted by Gasteiger charge is -2.23. The van der Waals surface area contributed by atoms with Gasteiger partial charge in [0.05, 0.1) is 18.2 Å². The van der Waals surface area contributed by atoms with E-state index in [2.05, 4.69) is 26.5 Å². The highest BCUT2D eigenvalue weighted by Crippen LogP contribution is 2.36. The van der Waals surface area contributed by atoms with Gasteiger partial charge in [0.1, 0.15) is 6.54 Å². The van der Waals surface area contributed by atoms with E-state index < -0.39 is 22.5 Å². The third-order valence-electron chi connectivity index (χ3n) is 4.08. The zero-order chi connectivity index (χ0) is 21.2. The number of amides is 1. The Kier molecular flexibility index (Phi) is 6.35. The zero-order valence-electron chi connectivity index (χ0n) is 15.5. The number of rotatable bonds is 6. The van der Waals surface area contributed by atoms with Crippen molar-refractivity contribution in [2.45, 2.75) is 6.92 Å². The standard InChI is InChI=1S/C18H17BrClN3O5S/c1-11-14(20)4-3-5-15(11)23(29(2,25)26)9-18(24)22-21-8-12-6-16-17(7-13(12)19)28-10-27-16/h3-8H,9-10H2,1-2H3,(H,22,24)/b21-8-. The third kappa shape index (κ3) is 5.01. The minimum absolute atomic E-state index is 0.142. The van der Waals surface area contributed by atoms with E-state index in [9.17, 15) is 13.2 Å². The average molecular weight is 503 g/mol. The minimum atomic E-state index is -3.72. The van der Waals surface area contributed by atoms with Crippen molar-refractivity contribution < 1.29 is 22.7 Å². The lowest BCUT2D eigenvalue weighted by Crippen LogP contribution is -2.39. The van der Waals surface area contributed by atoms with Crippen molar-refractivity contribution in [3.63, 3.8) is 0 Å². The fourth-order valence-electron chi connectivity index (χ4n) is 2.62. The zero-order valence-corrected chi connectivity index (χ0v) is 18.6. The van der Waals surface area contributed by atoms with E-state index >= 15 is 0 Å². The second-order valence-corrected chi connectivity index (χ2v) is 9.34. The highest BCUT2D eigenvalue weighted by Gasteiger charge is 2.23. The highest BCUT2D eigenvalue weighted by atomic mass is 79.9. The van der Waals surface area contributed by atoms with Gasteiger partial charge in [-0.2, -0.15) is 5.10 Å². The van der Waals surface area contributed by atoms with Crippen molar-refractivity contribution in [1.29, 1.82) is 0 Å². The number of benzene rings is 2. The van der Waals surface area contributed by atoms with Gasteiger partial charge >= 0.3 is 0 Å². The minimum Gasteiger partial charge on any atom is -0.454 e. The molecule has 1 aliphatic rings. The molecule has 154 valence electrons. The van der Waals surface area contributed by atoms with Crippen LogP contribution in [0.1, 0.15) is 11.1 Å². The Morgan fingerprint density at radius 3 is 2.72 bits per heavy atom. The summed E-state index contributed by atoms with van der Waals surface area (Å²) in [5, 5.41) is 4.30. The van der Waals surface area contributed by atoms with Gasteiger partial charge in [-0.15, -0.1) is 0 Å². The molecular weight excluding hydrogens is 486 g/mol. The second kappa shape index (κ2) is 8.60. The normalized spacial score (nSPS) is 13.0. The van der Waals surface area contributed by atoms with Crippen LogP contribution in [0, 0.1) is 6.92 Å². The molecule has 0 fully saturated rings. The van der Waals surface area contributed by atoms with Crippen LogP contribution in [0.25, 0.3) is 0 Å². The van der Waals surface area contributed by atoms with Crippen LogP contribution >= 0.6 is 27.5 Å². The van der Waals surface area contributed by atoms with E-state index in [0.717, 1.165) is 10.6 Å². The Morgan fingerprint density at radius 2 is 2.03 bits per heavy atom. The van der Waals surface area contributed by atoms with Crippen LogP contribution in [0.15, 0.2) is 39.9 Å². The lowest BCUT2D eigenvalue weighted by atomic mass is 10.2. The van der Waals surface area contributed by atoms with E-state index in [4.69, 9.17) is 21.1 Å². The molecule has 1 heterocycles. The van der Waals surface area contributed by atoms with Crippen molar-refractivity contribution in [3.8, 4) is 11.5 Å². The number of anilines is 1. The van der Waals surface area contributed by atoms with Gasteiger partial charge < -0.3 is 9.47 Å². The maximum Gasteiger partial charge on any atom is 0.260 e. The Hall–Kier alpha value is -2.30. The lowest BCUT2D eigenvalue weighted by molar-refractivity contribution is -0.119. The summed E-state index contributed by atoms with van der Waals surface area (Å²) in [6.07, 6.45) is 2.44. The predicted octanol–water partition coefficient (Wildman–Crippen LogP) is 3.06. The Morgan fingerprint density at radius 1 is 1.34 bits per heavy atom. The van der Waals surface area contributed by atoms with E-state index in [0.29, 0.717) is 37.8 Å². The summed E-state index contributed by atoms with van der Waals surface area (Å²) < 4.78 is 36.7. The first kappa shape index (κ1) is 21.4. The van der Waals surface area contributed by atoms with Crippen LogP contribution in [-0.2, 0) is 14.8 Å². The maximum absolute atomic E-state index is 12.3. The van der Waals surface area contributed by atoms with Crippen molar-refractivity contribution >= 4 is 55.4 Å². The van der Waals surface area contributed by atoms with Crippen molar-refractivity contribution in [3.05, 3.63) is 51.0 Å². The fraction of sp³-hybridized carbons (Fsp3) is 0.222. The summed E-state index contributed by atoms with van der Waals surface area (Å²) in [7, 11) is -3.72. The predicted molar refractivity (Wildman–Crippen MR) is 114 cm³/mol. The molecule has 0 bridgehead atoms. The number of halogens is 2. The van der Waals surface area contributed by atoms with E-state index in [-0.39, 0.29) is 6.79 Å². The number of hydrazone groups is 1. The topological polar surface area (TPSA) is 97.3 Å². The molecule has 11 heteroatoms. The maximum atomic E-state index is 12.3. The van der Waals surface area contributed by atoms with Crippen LogP contribution in [0.5, 0.6) is 11.5 Å². The van der Waals surface area contributed by atoms with Gasteiger partial charge in [-0.05, 0) is 52.7 Å². The van der Waals surface area contributed by atoms with E-state index in [1.54, 1.807) is 37.3 Å². The molecule has 1 N–H and O–H groups in total. The Labute approximate surface area is 181 Å². The number of fused-ring (bicyclic) bond motifs is 1. The van der Waals surface area contributed by atoms with Crippen molar-refractivity contribution in [2.24, 2.45) is 5.10 Å². The molecule has 0 aromatic heterocycles. The molecule has 2 aromatic carbocycles. The van der Waals surface area contributed by atoms with Crippen LogP contribution in [0.3, 0.4) is 0 Å². The van der Waals surface area contributed by atoms with E-state index in [1.165, 1.54) is 6.21 Å². The molecule has 0 saturated heterocycles. The molecule has 0 radical (unpaired) electrons. The Balaban J connectivity index is 1.73. The number of carbonyl (C=O) groups excluding carboxylic acids is 1. The number of nitrogens with zero attached hydrogens (tertiary/aromatic N) is 2. The number of hydrogen-bond acceptors (Lipinski definition) is 6. The molecule has 3 rings (SSSR count). The van der Waals surface area contributed by atoms with Gasteiger partial charge in [-0.25, -0.2) is 13.8 Å². The van der Waals surface area contributed by atoms with E-state index in [1.807, 2.05) is 0 Å². The summed E-state index contributed by atoms with van der Waals surface area (Å²) in [6.45, 7) is 1.38. The monoisotopic (exact) mass is 501 g/mol. The summed E-state index contributed by atoms with van der Waals surface area (Å²) in [5.74, 6) is 0.572. The summed E-state index contributed by atoms with van der Waals surface area (Å²) >= 11 is 9.47. The molecule has 1 aliphatic heterocycles. The smallest absolute Gasteiger partial charge is 0.260 e. The summed E-state index contributed by atoms with van der Waals surface area (Å²) in [5.41, 5.74) is 3.87. The van der Waals surface area contributed by atoms with Crippen LogP contribution in [0.2, 0.25) is 5.02 Å². The van der Waals surface area contributed by atoms with Gasteiger partial charge in [-0.3, -0.25) is 9.10 Å². The number of ether oxygens (including phenoxy) is 2. The van der Waals surface area contributed by atoms with Gasteiger partial charge in [0.15, 0.2) is 11.5 Å². The number of nitrogens with one attached hydrogen (secondary N) is 1. The highest BCUT2D eigenvalue weighted by molar-refractivity contribution is 9.10. The molecule has 0 atom stereocenters. The molecule has 0 aliphatic carbocycles. The molecule has 0 spiro atoms. The van der Waals surface area contributed by atoms with Crippen molar-refractivity contribution in [2.75, 3.05) is 23.9 Å². The first-order valence-electron chi connectivity index (χ1n) is 8.30. The summed E-state index contributed by atoms with van der Waals surface area (Å²) in [4.78, 5) is 12.3. The van der Waals surface area contributed by atoms with Gasteiger partial charge in [0, 0.05) is 15.1 Å². The largest absolute Gasteiger partial charge is 0.454 e. The summed E-state index contributed by atoms with van der Waals surface area (Å²) in [6, 6.07) is 8.30.